The van der Waals surface area contributed by atoms with Gasteiger partial charge in [0.15, 0.2) is 0 Å². The van der Waals surface area contributed by atoms with Crippen LogP contribution in [-0.2, 0) is 4.79 Å². The summed E-state index contributed by atoms with van der Waals surface area (Å²) in [5, 5.41) is 12.3. The van der Waals surface area contributed by atoms with E-state index in [9.17, 15) is 4.79 Å². The maximum Gasteiger partial charge on any atom is 0.238 e. The number of aryl methyl sites for hydroxylation is 1. The normalized spacial score (nSPS) is 10.7. The molecule has 2 N–H and O–H groups in total. The largest absolute Gasteiger partial charge is 0.395 e. The van der Waals surface area contributed by atoms with Crippen LogP contribution in [-0.4, -0.2) is 42.2 Å². The number of aliphatic hydroxyl groups is 1. The van der Waals surface area contributed by atoms with E-state index in [-0.39, 0.29) is 19.1 Å². The van der Waals surface area contributed by atoms with E-state index in [0.29, 0.717) is 11.6 Å². The van der Waals surface area contributed by atoms with Crippen LogP contribution in [0.3, 0.4) is 0 Å². The van der Waals surface area contributed by atoms with Crippen molar-refractivity contribution < 1.29 is 9.90 Å². The molecule has 0 spiro atoms. The number of aliphatic hydroxyl groups excluding tert-OH is 1. The molecule has 1 amide bonds. The molecule has 100 valence electrons. The minimum Gasteiger partial charge on any atom is -0.395 e. The van der Waals surface area contributed by atoms with E-state index < -0.39 is 0 Å². The van der Waals surface area contributed by atoms with Crippen molar-refractivity contribution in [2.24, 2.45) is 0 Å². The molecule has 0 aliphatic carbocycles. The van der Waals surface area contributed by atoms with E-state index in [1.54, 1.807) is 12.1 Å². The van der Waals surface area contributed by atoms with Crippen molar-refractivity contribution >= 4 is 23.2 Å². The second-order valence-corrected chi connectivity index (χ2v) is 4.54. The van der Waals surface area contributed by atoms with Gasteiger partial charge in [-0.2, -0.15) is 0 Å². The highest BCUT2D eigenvalue weighted by Crippen LogP contribution is 2.19. The quantitative estimate of drug-likeness (QED) is 0.830. The molecule has 1 rings (SSSR count). The second-order valence-electron chi connectivity index (χ2n) is 4.10. The Kier molecular flexibility index (Phi) is 6.12. The molecule has 4 nitrogen and oxygen atoms in total. The Morgan fingerprint density at radius 3 is 2.83 bits per heavy atom. The van der Waals surface area contributed by atoms with Crippen LogP contribution in [0.15, 0.2) is 18.2 Å². The van der Waals surface area contributed by atoms with Crippen LogP contribution >= 0.6 is 11.6 Å². The van der Waals surface area contributed by atoms with Crippen LogP contribution < -0.4 is 5.32 Å². The van der Waals surface area contributed by atoms with Crippen LogP contribution in [0.2, 0.25) is 5.02 Å². The van der Waals surface area contributed by atoms with Gasteiger partial charge in [0.1, 0.15) is 0 Å². The zero-order valence-corrected chi connectivity index (χ0v) is 11.5. The molecule has 0 fully saturated rings. The Hall–Kier alpha value is -1.10. The number of amides is 1. The van der Waals surface area contributed by atoms with E-state index >= 15 is 0 Å². The van der Waals surface area contributed by atoms with Gasteiger partial charge in [-0.3, -0.25) is 9.69 Å². The van der Waals surface area contributed by atoms with Crippen LogP contribution in [0, 0.1) is 6.92 Å². The Morgan fingerprint density at radius 2 is 2.22 bits per heavy atom. The number of nitrogens with one attached hydrogen (secondary N) is 1. The SMILES string of the molecule is CCN(CCO)CC(=O)Nc1cc(Cl)ccc1C. The van der Waals surface area contributed by atoms with Crippen LogP contribution in [0.1, 0.15) is 12.5 Å². The van der Waals surface area contributed by atoms with Gasteiger partial charge in [-0.05, 0) is 31.2 Å². The standard InChI is InChI=1S/C13H19ClN2O2/c1-3-16(6-7-17)9-13(18)15-12-8-11(14)5-4-10(12)2/h4-5,8,17H,3,6-7,9H2,1-2H3,(H,15,18). The topological polar surface area (TPSA) is 52.6 Å². The van der Waals surface area contributed by atoms with E-state index in [4.69, 9.17) is 16.7 Å². The highest BCUT2D eigenvalue weighted by atomic mass is 35.5. The summed E-state index contributed by atoms with van der Waals surface area (Å²) in [4.78, 5) is 13.7. The summed E-state index contributed by atoms with van der Waals surface area (Å²) < 4.78 is 0. The van der Waals surface area contributed by atoms with Crippen LogP contribution in [0.5, 0.6) is 0 Å². The molecule has 1 aromatic carbocycles. The fraction of sp³-hybridized carbons (Fsp3) is 0.462. The Labute approximate surface area is 113 Å². The van der Waals surface area contributed by atoms with Gasteiger partial charge in [0, 0.05) is 17.3 Å². The highest BCUT2D eigenvalue weighted by Gasteiger charge is 2.10. The Morgan fingerprint density at radius 1 is 1.50 bits per heavy atom. The molecule has 0 atom stereocenters. The van der Waals surface area contributed by atoms with E-state index in [1.165, 1.54) is 0 Å². The minimum atomic E-state index is -0.101. The number of nitrogens with zero attached hydrogens (tertiary/aromatic N) is 1. The zero-order chi connectivity index (χ0) is 13.5. The van der Waals surface area contributed by atoms with Gasteiger partial charge in [0.25, 0.3) is 0 Å². The van der Waals surface area contributed by atoms with Crippen molar-refractivity contribution in [3.63, 3.8) is 0 Å². The first-order chi connectivity index (χ1) is 8.56. The third kappa shape index (κ3) is 4.64. The van der Waals surface area contributed by atoms with E-state index in [1.807, 2.05) is 24.8 Å². The fourth-order valence-electron chi connectivity index (χ4n) is 1.61. The van der Waals surface area contributed by atoms with Crippen molar-refractivity contribution in [2.75, 3.05) is 31.6 Å². The number of hydrogen-bond donors (Lipinski definition) is 2. The molecule has 0 heterocycles. The monoisotopic (exact) mass is 270 g/mol. The molecule has 18 heavy (non-hydrogen) atoms. The lowest BCUT2D eigenvalue weighted by Gasteiger charge is -2.18. The predicted molar refractivity (Wildman–Crippen MR) is 74.0 cm³/mol. The molecule has 0 radical (unpaired) electrons. The van der Waals surface area contributed by atoms with E-state index in [2.05, 4.69) is 5.32 Å². The van der Waals surface area contributed by atoms with Gasteiger partial charge in [0.05, 0.1) is 13.2 Å². The smallest absolute Gasteiger partial charge is 0.238 e. The summed E-state index contributed by atoms with van der Waals surface area (Å²) in [7, 11) is 0. The lowest BCUT2D eigenvalue weighted by atomic mass is 10.2. The number of anilines is 1. The molecule has 0 aliphatic heterocycles. The number of carbonyl (C=O) groups is 1. The number of hydrogen-bond acceptors (Lipinski definition) is 3. The van der Waals surface area contributed by atoms with E-state index in [0.717, 1.165) is 17.8 Å². The summed E-state index contributed by atoms with van der Waals surface area (Å²) in [6.07, 6.45) is 0. The molecule has 0 bridgehead atoms. The summed E-state index contributed by atoms with van der Waals surface area (Å²) >= 11 is 5.89. The summed E-state index contributed by atoms with van der Waals surface area (Å²) in [6.45, 7) is 5.41. The van der Waals surface area contributed by atoms with Crippen LogP contribution in [0.4, 0.5) is 5.69 Å². The molecule has 1 aromatic rings. The predicted octanol–water partition coefficient (Wildman–Crippen LogP) is 1.90. The molecule has 0 saturated carbocycles. The van der Waals surface area contributed by atoms with Gasteiger partial charge in [-0.25, -0.2) is 0 Å². The van der Waals surface area contributed by atoms with Gasteiger partial charge in [-0.1, -0.05) is 24.6 Å². The first kappa shape index (κ1) is 15.0. The average Bonchev–Trinajstić information content (AvgIpc) is 2.33. The molecule has 0 aromatic heterocycles. The minimum absolute atomic E-state index is 0.0529. The number of carbonyl (C=O) groups excluding carboxylic acids is 1. The van der Waals surface area contributed by atoms with Gasteiger partial charge >= 0.3 is 0 Å². The lowest BCUT2D eigenvalue weighted by molar-refractivity contribution is -0.117. The molecular formula is C13H19ClN2O2. The Bertz CT molecular complexity index is 410. The summed E-state index contributed by atoms with van der Waals surface area (Å²) in [5.74, 6) is -0.101. The molecule has 0 saturated heterocycles. The van der Waals surface area contributed by atoms with Gasteiger partial charge in [0.2, 0.25) is 5.91 Å². The molecule has 0 unspecified atom stereocenters. The maximum absolute atomic E-state index is 11.8. The zero-order valence-electron chi connectivity index (χ0n) is 10.7. The number of rotatable bonds is 6. The second kappa shape index (κ2) is 7.36. The third-order valence-corrected chi connectivity index (χ3v) is 2.94. The summed E-state index contributed by atoms with van der Waals surface area (Å²) in [6, 6.07) is 5.39. The number of likely N-dealkylation sites (N-methyl/N-ethyl adjacent to an activating group) is 1. The van der Waals surface area contributed by atoms with Crippen molar-refractivity contribution in [1.29, 1.82) is 0 Å². The first-order valence-corrected chi connectivity index (χ1v) is 6.33. The average molecular weight is 271 g/mol. The molecular weight excluding hydrogens is 252 g/mol. The molecule has 5 heteroatoms. The summed E-state index contributed by atoms with van der Waals surface area (Å²) in [5.41, 5.74) is 1.70. The fourth-order valence-corrected chi connectivity index (χ4v) is 1.78. The molecule has 0 aliphatic rings. The number of halogens is 1. The Balaban J connectivity index is 2.61. The maximum atomic E-state index is 11.8. The first-order valence-electron chi connectivity index (χ1n) is 5.96. The van der Waals surface area contributed by atoms with Crippen molar-refractivity contribution in [2.45, 2.75) is 13.8 Å². The van der Waals surface area contributed by atoms with Gasteiger partial charge < -0.3 is 10.4 Å². The van der Waals surface area contributed by atoms with Crippen molar-refractivity contribution in [1.82, 2.24) is 4.90 Å². The van der Waals surface area contributed by atoms with Crippen LogP contribution in [0.25, 0.3) is 0 Å². The van der Waals surface area contributed by atoms with Crippen molar-refractivity contribution in [3.8, 4) is 0 Å². The lowest BCUT2D eigenvalue weighted by Crippen LogP contribution is -2.35. The number of benzene rings is 1. The highest BCUT2D eigenvalue weighted by molar-refractivity contribution is 6.31. The third-order valence-electron chi connectivity index (χ3n) is 2.70. The van der Waals surface area contributed by atoms with Crippen molar-refractivity contribution in [3.05, 3.63) is 28.8 Å². The van der Waals surface area contributed by atoms with Gasteiger partial charge in [-0.15, -0.1) is 0 Å².